The van der Waals surface area contributed by atoms with Gasteiger partial charge in [-0.15, -0.1) is 0 Å². The standard InChI is InChI=1S/C6H11F2N/c7-5-2-1-4(9)3-6(5)8/h4-6H,1-3,9H2. The fraction of sp³-hybridized carbons (Fsp3) is 1.00. The van der Waals surface area contributed by atoms with E-state index in [4.69, 9.17) is 5.73 Å². The van der Waals surface area contributed by atoms with E-state index in [1.54, 1.807) is 0 Å². The van der Waals surface area contributed by atoms with Gasteiger partial charge in [-0.05, 0) is 19.3 Å². The lowest BCUT2D eigenvalue weighted by Crippen LogP contribution is -2.35. The van der Waals surface area contributed by atoms with Gasteiger partial charge in [0.25, 0.3) is 0 Å². The third kappa shape index (κ3) is 1.61. The van der Waals surface area contributed by atoms with Crippen LogP contribution in [0.2, 0.25) is 0 Å². The van der Waals surface area contributed by atoms with E-state index in [2.05, 4.69) is 0 Å². The van der Waals surface area contributed by atoms with Crippen molar-refractivity contribution in [3.05, 3.63) is 0 Å². The molecule has 0 bridgehead atoms. The minimum atomic E-state index is -1.31. The summed E-state index contributed by atoms with van der Waals surface area (Å²) in [5, 5.41) is 0. The molecule has 3 heteroatoms. The van der Waals surface area contributed by atoms with Crippen molar-refractivity contribution in [2.24, 2.45) is 5.73 Å². The zero-order valence-electron chi connectivity index (χ0n) is 5.19. The molecule has 0 heterocycles. The fourth-order valence-electron chi connectivity index (χ4n) is 1.11. The third-order valence-corrected chi connectivity index (χ3v) is 1.73. The third-order valence-electron chi connectivity index (χ3n) is 1.73. The van der Waals surface area contributed by atoms with Gasteiger partial charge in [0, 0.05) is 6.04 Å². The summed E-state index contributed by atoms with van der Waals surface area (Å²) in [6.07, 6.45) is -1.45. The molecule has 0 radical (unpaired) electrons. The van der Waals surface area contributed by atoms with E-state index in [0.29, 0.717) is 12.8 Å². The highest BCUT2D eigenvalue weighted by Crippen LogP contribution is 2.22. The molecule has 0 aromatic carbocycles. The van der Waals surface area contributed by atoms with E-state index in [9.17, 15) is 8.78 Å². The lowest BCUT2D eigenvalue weighted by atomic mass is 9.93. The highest BCUT2D eigenvalue weighted by atomic mass is 19.2. The monoisotopic (exact) mass is 135 g/mol. The first kappa shape index (κ1) is 6.93. The molecule has 1 fully saturated rings. The molecule has 0 aliphatic heterocycles. The average molecular weight is 135 g/mol. The maximum absolute atomic E-state index is 12.4. The largest absolute Gasteiger partial charge is 0.328 e. The average Bonchev–Trinajstić information content (AvgIpc) is 1.80. The van der Waals surface area contributed by atoms with Crippen LogP contribution in [0.15, 0.2) is 0 Å². The summed E-state index contributed by atoms with van der Waals surface area (Å²) in [7, 11) is 0. The van der Waals surface area contributed by atoms with Gasteiger partial charge in [0.2, 0.25) is 0 Å². The summed E-state index contributed by atoms with van der Waals surface area (Å²) in [5.74, 6) is 0. The lowest BCUT2D eigenvalue weighted by Gasteiger charge is -2.23. The normalized spacial score (nSPS) is 45.0. The van der Waals surface area contributed by atoms with Crippen LogP contribution in [0.3, 0.4) is 0 Å². The maximum Gasteiger partial charge on any atom is 0.133 e. The van der Waals surface area contributed by atoms with E-state index in [1.807, 2.05) is 0 Å². The van der Waals surface area contributed by atoms with Crippen LogP contribution in [0.5, 0.6) is 0 Å². The Balaban J connectivity index is 2.35. The van der Waals surface area contributed by atoms with Gasteiger partial charge in [0.1, 0.15) is 12.3 Å². The van der Waals surface area contributed by atoms with Crippen molar-refractivity contribution in [3.63, 3.8) is 0 Å². The summed E-state index contributed by atoms with van der Waals surface area (Å²) in [6.45, 7) is 0. The molecule has 0 aromatic rings. The minimum absolute atomic E-state index is 0.119. The smallest absolute Gasteiger partial charge is 0.133 e. The second-order valence-corrected chi connectivity index (χ2v) is 2.61. The molecule has 3 atom stereocenters. The van der Waals surface area contributed by atoms with Crippen molar-refractivity contribution < 1.29 is 8.78 Å². The van der Waals surface area contributed by atoms with Gasteiger partial charge in [-0.3, -0.25) is 0 Å². The van der Waals surface area contributed by atoms with E-state index in [-0.39, 0.29) is 12.5 Å². The topological polar surface area (TPSA) is 26.0 Å². The maximum atomic E-state index is 12.4. The summed E-state index contributed by atoms with van der Waals surface area (Å²) < 4.78 is 24.7. The summed E-state index contributed by atoms with van der Waals surface area (Å²) in [4.78, 5) is 0. The lowest BCUT2D eigenvalue weighted by molar-refractivity contribution is 0.109. The van der Waals surface area contributed by atoms with E-state index in [0.717, 1.165) is 0 Å². The molecule has 0 aromatic heterocycles. The Morgan fingerprint density at radius 1 is 1.11 bits per heavy atom. The molecule has 9 heavy (non-hydrogen) atoms. The van der Waals surface area contributed by atoms with Gasteiger partial charge in [-0.25, -0.2) is 8.78 Å². The van der Waals surface area contributed by atoms with Crippen LogP contribution in [-0.4, -0.2) is 18.4 Å². The predicted octanol–water partition coefficient (Wildman–Crippen LogP) is 1.17. The molecule has 2 N–H and O–H groups in total. The first-order valence-electron chi connectivity index (χ1n) is 3.24. The zero-order chi connectivity index (χ0) is 6.85. The first-order chi connectivity index (χ1) is 4.20. The Morgan fingerprint density at radius 3 is 2.22 bits per heavy atom. The van der Waals surface area contributed by atoms with Gasteiger partial charge in [0.15, 0.2) is 0 Å². The predicted molar refractivity (Wildman–Crippen MR) is 31.6 cm³/mol. The minimum Gasteiger partial charge on any atom is -0.328 e. The molecule has 1 saturated carbocycles. The van der Waals surface area contributed by atoms with Crippen LogP contribution in [-0.2, 0) is 0 Å². The van der Waals surface area contributed by atoms with Crippen LogP contribution >= 0.6 is 0 Å². The highest BCUT2D eigenvalue weighted by molar-refractivity contribution is 4.81. The van der Waals surface area contributed by atoms with Gasteiger partial charge in [-0.2, -0.15) is 0 Å². The van der Waals surface area contributed by atoms with Crippen molar-refractivity contribution in [1.82, 2.24) is 0 Å². The van der Waals surface area contributed by atoms with E-state index in [1.165, 1.54) is 0 Å². The first-order valence-corrected chi connectivity index (χ1v) is 3.24. The Labute approximate surface area is 53.2 Å². The van der Waals surface area contributed by atoms with Gasteiger partial charge < -0.3 is 5.73 Å². The van der Waals surface area contributed by atoms with Crippen molar-refractivity contribution in [3.8, 4) is 0 Å². The number of hydrogen-bond acceptors (Lipinski definition) is 1. The molecule has 0 spiro atoms. The second-order valence-electron chi connectivity index (χ2n) is 2.61. The Bertz CT molecular complexity index is 97.1. The molecule has 1 nitrogen and oxygen atoms in total. The van der Waals surface area contributed by atoms with Crippen molar-refractivity contribution in [2.75, 3.05) is 0 Å². The highest BCUT2D eigenvalue weighted by Gasteiger charge is 2.28. The van der Waals surface area contributed by atoms with Crippen molar-refractivity contribution >= 4 is 0 Å². The molecular weight excluding hydrogens is 124 g/mol. The van der Waals surface area contributed by atoms with E-state index < -0.39 is 12.3 Å². The van der Waals surface area contributed by atoms with Crippen LogP contribution in [0, 0.1) is 0 Å². The molecule has 1 rings (SSSR count). The molecule has 3 unspecified atom stereocenters. The Morgan fingerprint density at radius 2 is 1.78 bits per heavy atom. The zero-order valence-corrected chi connectivity index (χ0v) is 5.19. The van der Waals surface area contributed by atoms with Crippen LogP contribution in [0.4, 0.5) is 8.78 Å². The molecule has 0 amide bonds. The molecule has 1 aliphatic carbocycles. The number of rotatable bonds is 0. The van der Waals surface area contributed by atoms with Gasteiger partial charge in [0.05, 0.1) is 0 Å². The van der Waals surface area contributed by atoms with Crippen molar-refractivity contribution in [2.45, 2.75) is 37.6 Å². The fourth-order valence-corrected chi connectivity index (χ4v) is 1.11. The molecule has 1 aliphatic rings. The van der Waals surface area contributed by atoms with Crippen LogP contribution < -0.4 is 5.73 Å². The number of alkyl halides is 2. The van der Waals surface area contributed by atoms with Gasteiger partial charge >= 0.3 is 0 Å². The number of hydrogen-bond donors (Lipinski definition) is 1. The molecular formula is C6H11F2N. The molecule has 54 valence electrons. The second kappa shape index (κ2) is 2.60. The number of nitrogens with two attached hydrogens (primary N) is 1. The molecule has 0 saturated heterocycles. The van der Waals surface area contributed by atoms with Crippen LogP contribution in [0.25, 0.3) is 0 Å². The summed E-state index contributed by atoms with van der Waals surface area (Å²) >= 11 is 0. The quantitative estimate of drug-likeness (QED) is 0.530. The van der Waals surface area contributed by atoms with Crippen LogP contribution in [0.1, 0.15) is 19.3 Å². The number of halogens is 2. The summed E-state index contributed by atoms with van der Waals surface area (Å²) in [6, 6.07) is -0.119. The Hall–Kier alpha value is -0.180. The Kier molecular flexibility index (Phi) is 2.01. The summed E-state index contributed by atoms with van der Waals surface area (Å²) in [5.41, 5.74) is 5.38. The van der Waals surface area contributed by atoms with E-state index >= 15 is 0 Å². The SMILES string of the molecule is NC1CCC(F)C(F)C1. The van der Waals surface area contributed by atoms with Crippen molar-refractivity contribution in [1.29, 1.82) is 0 Å². The van der Waals surface area contributed by atoms with Gasteiger partial charge in [-0.1, -0.05) is 0 Å².